The minimum atomic E-state index is -0.375. The van der Waals surface area contributed by atoms with Crippen LogP contribution in [0.3, 0.4) is 0 Å². The van der Waals surface area contributed by atoms with Gasteiger partial charge in [0.05, 0.1) is 41.0 Å². The van der Waals surface area contributed by atoms with Crippen molar-refractivity contribution in [3.05, 3.63) is 184 Å². The van der Waals surface area contributed by atoms with Gasteiger partial charge in [-0.25, -0.2) is 5.26 Å². The summed E-state index contributed by atoms with van der Waals surface area (Å²) in [6.45, 7) is 25.4. The maximum Gasteiger partial charge on any atom is 0.169 e. The molecule has 0 aliphatic rings. The molecule has 0 bridgehead atoms. The number of hydrogen-bond acceptors (Lipinski definition) is 7. The van der Waals surface area contributed by atoms with Crippen LogP contribution in [0.2, 0.25) is 0 Å². The van der Waals surface area contributed by atoms with Gasteiger partial charge in [0.1, 0.15) is 0 Å². The van der Waals surface area contributed by atoms with E-state index in [9.17, 15) is 10.5 Å². The predicted molar refractivity (Wildman–Crippen MR) is 289 cm³/mol. The fraction of sp³-hybridized carbons (Fsp3) is 0.306. The number of para-hydroxylation sites is 2. The van der Waals surface area contributed by atoms with Gasteiger partial charge in [-0.2, -0.15) is 5.26 Å². The Morgan fingerprint density at radius 3 is 1.36 bits per heavy atom. The van der Waals surface area contributed by atoms with Crippen LogP contribution >= 0.6 is 0 Å². The van der Waals surface area contributed by atoms with Crippen molar-refractivity contribution in [1.82, 2.24) is 24.3 Å². The van der Waals surface area contributed by atoms with E-state index in [2.05, 4.69) is 174 Å². The second kappa shape index (κ2) is 27.2. The number of aliphatic hydroxyl groups excluding tert-OH is 2. The smallest absolute Gasteiger partial charge is 0.169 e. The maximum absolute atomic E-state index is 9.23. The number of benzene rings is 6. The van der Waals surface area contributed by atoms with Crippen molar-refractivity contribution in [2.45, 2.75) is 125 Å². The molecule has 382 valence electrons. The summed E-state index contributed by atoms with van der Waals surface area (Å²) >= 11 is 0. The van der Waals surface area contributed by atoms with Crippen LogP contribution in [0.25, 0.3) is 56.8 Å². The van der Waals surface area contributed by atoms with Crippen molar-refractivity contribution in [1.29, 1.82) is 10.5 Å². The summed E-state index contributed by atoms with van der Waals surface area (Å²) in [4.78, 5) is 4.89. The summed E-state index contributed by atoms with van der Waals surface area (Å²) in [7, 11) is 0. The van der Waals surface area contributed by atoms with Gasteiger partial charge in [0, 0.05) is 74.9 Å². The molecular formula is C62H68Ir2N7O2-. The Morgan fingerprint density at radius 1 is 0.507 bits per heavy atom. The summed E-state index contributed by atoms with van der Waals surface area (Å²) < 4.78 is 4.51. The standard InChI is InChI=1S/C29H28N3.C28H28N4.C5H12O2.2Ir/c1-19(2)24-11-8-12-25(20(3)4)28(24)32-27(26-10-7-6-9-21(26)5)18-31-29(32)23-15-13-22(17-30)14-16-23;1-18(2)23-11-8-12-24(19(3)4)26(23)32-27(22-15-13-21(17-29)14-16-22)30-31-28(32)25-10-7-6-9-20(25)5;1-4(6)3-5(2)7;;/h6-15,18-20H,1-5H3;6-16,18-19H,1-5H3;4-7H,3H2,1-2H3;;/q-1;;;;. The van der Waals surface area contributed by atoms with Crippen molar-refractivity contribution in [2.24, 2.45) is 0 Å². The average Bonchev–Trinajstić information content (AvgIpc) is 3.99. The summed E-state index contributed by atoms with van der Waals surface area (Å²) in [5, 5.41) is 44.9. The van der Waals surface area contributed by atoms with Crippen molar-refractivity contribution < 1.29 is 50.4 Å². The molecule has 2 atom stereocenters. The summed E-state index contributed by atoms with van der Waals surface area (Å²) in [5.41, 5.74) is 16.1. The molecule has 73 heavy (non-hydrogen) atoms. The van der Waals surface area contributed by atoms with Gasteiger partial charge in [0.25, 0.3) is 0 Å². The van der Waals surface area contributed by atoms with E-state index in [0.29, 0.717) is 41.2 Å². The molecule has 0 saturated carbocycles. The molecule has 6 aromatic carbocycles. The zero-order chi connectivity index (χ0) is 51.5. The molecule has 0 aliphatic carbocycles. The second-order valence-corrected chi connectivity index (χ2v) is 19.5. The third-order valence-electron chi connectivity index (χ3n) is 12.5. The number of aliphatic hydroxyl groups is 2. The molecule has 9 nitrogen and oxygen atoms in total. The summed E-state index contributed by atoms with van der Waals surface area (Å²) in [6, 6.07) is 50.6. The number of nitrogens with zero attached hydrogens (tertiary/aromatic N) is 7. The number of imidazole rings is 1. The Hall–Kier alpha value is -6.13. The van der Waals surface area contributed by atoms with Crippen LogP contribution in [0, 0.1) is 42.6 Å². The van der Waals surface area contributed by atoms with Crippen LogP contribution in [0.5, 0.6) is 0 Å². The van der Waals surface area contributed by atoms with Crippen molar-refractivity contribution in [2.75, 3.05) is 0 Å². The Bertz CT molecular complexity index is 2870. The number of rotatable bonds is 12. The molecule has 2 heterocycles. The molecule has 8 aromatic rings. The average molecular weight is 1330 g/mol. The van der Waals surface area contributed by atoms with E-state index in [1.165, 1.54) is 33.5 Å². The van der Waals surface area contributed by atoms with Gasteiger partial charge in [0.15, 0.2) is 11.6 Å². The molecule has 0 aliphatic heterocycles. The minimum Gasteiger partial charge on any atom is -0.393 e. The Balaban J connectivity index is 0.000000273. The van der Waals surface area contributed by atoms with Gasteiger partial charge in [-0.3, -0.25) is 9.55 Å². The van der Waals surface area contributed by atoms with Crippen LogP contribution in [0.1, 0.15) is 144 Å². The topological polar surface area (TPSA) is 137 Å². The number of aryl methyl sites for hydroxylation is 2. The molecular weight excluding hydrogens is 1260 g/mol. The molecule has 0 spiro atoms. The molecule has 0 fully saturated rings. The first-order valence-corrected chi connectivity index (χ1v) is 24.7. The minimum absolute atomic E-state index is 0. The Labute approximate surface area is 460 Å². The van der Waals surface area contributed by atoms with E-state index in [4.69, 9.17) is 20.3 Å². The van der Waals surface area contributed by atoms with Crippen LogP contribution in [0.15, 0.2) is 134 Å². The fourth-order valence-corrected chi connectivity index (χ4v) is 8.86. The van der Waals surface area contributed by atoms with Crippen LogP contribution < -0.4 is 0 Å². The largest absolute Gasteiger partial charge is 0.393 e. The number of nitriles is 2. The summed E-state index contributed by atoms with van der Waals surface area (Å²) in [6.07, 6.45) is 1.69. The van der Waals surface area contributed by atoms with Gasteiger partial charge < -0.3 is 14.8 Å². The third kappa shape index (κ3) is 14.1. The first kappa shape index (κ1) is 59.4. The Morgan fingerprint density at radius 2 is 0.945 bits per heavy atom. The van der Waals surface area contributed by atoms with Gasteiger partial charge in [-0.05, 0) is 121 Å². The molecule has 2 N–H and O–H groups in total. The van der Waals surface area contributed by atoms with E-state index in [1.807, 2.05) is 54.7 Å². The van der Waals surface area contributed by atoms with Gasteiger partial charge in [-0.1, -0.05) is 140 Å². The quantitative estimate of drug-likeness (QED) is 0.116. The van der Waals surface area contributed by atoms with Gasteiger partial charge in [-0.15, -0.1) is 40.0 Å². The second-order valence-electron chi connectivity index (χ2n) is 19.5. The molecule has 0 amide bonds. The van der Waals surface area contributed by atoms with E-state index in [0.717, 1.165) is 56.7 Å². The molecule has 2 radical (unpaired) electrons. The number of aromatic nitrogens is 5. The zero-order valence-corrected chi connectivity index (χ0v) is 48.9. The molecule has 8 rings (SSSR count). The van der Waals surface area contributed by atoms with Crippen LogP contribution in [-0.2, 0) is 40.2 Å². The molecule has 2 aromatic heterocycles. The first-order chi connectivity index (χ1) is 34.0. The van der Waals surface area contributed by atoms with Crippen LogP contribution in [-0.4, -0.2) is 46.7 Å². The van der Waals surface area contributed by atoms with E-state index in [1.54, 1.807) is 19.9 Å². The normalized spacial score (nSPS) is 11.6. The van der Waals surface area contributed by atoms with E-state index in [-0.39, 0.29) is 52.4 Å². The van der Waals surface area contributed by atoms with Crippen molar-refractivity contribution >= 4 is 0 Å². The van der Waals surface area contributed by atoms with Gasteiger partial charge in [0.2, 0.25) is 0 Å². The van der Waals surface area contributed by atoms with Crippen molar-refractivity contribution in [3.63, 3.8) is 0 Å². The molecule has 11 heteroatoms. The van der Waals surface area contributed by atoms with Gasteiger partial charge >= 0.3 is 0 Å². The van der Waals surface area contributed by atoms with Crippen LogP contribution in [0.4, 0.5) is 0 Å². The summed E-state index contributed by atoms with van der Waals surface area (Å²) in [5.74, 6) is 3.83. The first-order valence-electron chi connectivity index (χ1n) is 24.7. The SMILES string of the molecule is CC(O)CC(C)O.Cc1ccccc1-c1cnc(-c2[c-]cc(C#N)cc2)n1-c1c(C(C)C)cccc1C(C)C.Cc1ccccc1-c1nnc(-c2ccc(C#N)cc2)n1-c1c(C(C)C)cccc1C(C)C.[Ir].[Ir]. The zero-order valence-electron chi connectivity index (χ0n) is 44.1. The van der Waals surface area contributed by atoms with E-state index < -0.39 is 0 Å². The third-order valence-corrected chi connectivity index (χ3v) is 12.5. The maximum atomic E-state index is 9.23. The molecule has 2 unspecified atom stereocenters. The molecule has 0 saturated heterocycles. The van der Waals surface area contributed by atoms with E-state index >= 15 is 0 Å². The monoisotopic (exact) mass is 1330 g/mol. The van der Waals surface area contributed by atoms with Crippen molar-refractivity contribution in [3.8, 4) is 68.9 Å². The predicted octanol–water partition coefficient (Wildman–Crippen LogP) is 14.6. The fourth-order valence-electron chi connectivity index (χ4n) is 8.86. The number of hydrogen-bond donors (Lipinski definition) is 2. The Kier molecular flexibility index (Phi) is 22.2.